The molecule has 2 aromatic heterocycles. The van der Waals surface area contributed by atoms with Crippen LogP contribution >= 0.6 is 11.8 Å². The molecule has 1 N–H and O–H groups in total. The summed E-state index contributed by atoms with van der Waals surface area (Å²) >= 11 is 1.59. The van der Waals surface area contributed by atoms with Gasteiger partial charge in [-0.1, -0.05) is 138 Å². The summed E-state index contributed by atoms with van der Waals surface area (Å²) in [6.45, 7) is 6.38. The van der Waals surface area contributed by atoms with Crippen LogP contribution in [0.5, 0.6) is 0 Å². The van der Waals surface area contributed by atoms with Gasteiger partial charge in [-0.2, -0.15) is 0 Å². The lowest BCUT2D eigenvalue weighted by Gasteiger charge is -2.16. The fourth-order valence-corrected chi connectivity index (χ4v) is 8.11. The van der Waals surface area contributed by atoms with Gasteiger partial charge in [0.15, 0.2) is 10.8 Å². The van der Waals surface area contributed by atoms with E-state index in [1.807, 2.05) is 37.3 Å². The van der Waals surface area contributed by atoms with E-state index < -0.39 is 9.84 Å². The maximum Gasteiger partial charge on any atom is 0.333 e. The summed E-state index contributed by atoms with van der Waals surface area (Å²) in [6.07, 6.45) is 15.9. The number of hydrogen-bond donors (Lipinski definition) is 1. The molecular formula is C34H45N3O3S2. The predicted octanol–water partition coefficient (Wildman–Crippen LogP) is 9.01. The fourth-order valence-electron chi connectivity index (χ4n) is 5.36. The molecule has 4 aromatic rings. The number of sulfone groups is 1. The number of rotatable bonds is 17. The van der Waals surface area contributed by atoms with Crippen LogP contribution in [-0.4, -0.2) is 28.0 Å². The van der Waals surface area contributed by atoms with Gasteiger partial charge in [0, 0.05) is 17.0 Å². The quantitative estimate of drug-likeness (QED) is 0.0956. The molecule has 0 aliphatic rings. The maximum absolute atomic E-state index is 14.1. The molecule has 8 heteroatoms. The first-order valence-electron chi connectivity index (χ1n) is 15.5. The number of hydrogen-bond acceptors (Lipinski definition) is 5. The summed E-state index contributed by atoms with van der Waals surface area (Å²) in [4.78, 5) is 21.5. The minimum atomic E-state index is -3.97. The van der Waals surface area contributed by atoms with Crippen LogP contribution < -0.4 is 5.69 Å². The van der Waals surface area contributed by atoms with Crippen molar-refractivity contribution >= 4 is 27.2 Å². The van der Waals surface area contributed by atoms with Crippen LogP contribution in [0.2, 0.25) is 0 Å². The number of fused-ring (bicyclic) bond motifs is 1. The van der Waals surface area contributed by atoms with Crippen molar-refractivity contribution in [3.63, 3.8) is 0 Å². The number of aryl methyl sites for hydroxylation is 1. The van der Waals surface area contributed by atoms with E-state index in [0.29, 0.717) is 16.0 Å². The van der Waals surface area contributed by atoms with Gasteiger partial charge in [-0.15, -0.1) is 0 Å². The summed E-state index contributed by atoms with van der Waals surface area (Å²) in [5.41, 5.74) is 1.96. The van der Waals surface area contributed by atoms with E-state index in [0.717, 1.165) is 36.8 Å². The Bertz CT molecular complexity index is 1580. The van der Waals surface area contributed by atoms with E-state index in [2.05, 4.69) is 18.8 Å². The first-order chi connectivity index (χ1) is 20.3. The first-order valence-corrected chi connectivity index (χ1v) is 17.9. The third kappa shape index (κ3) is 8.16. The van der Waals surface area contributed by atoms with Crippen LogP contribution in [-0.2, 0) is 9.84 Å². The zero-order valence-corrected chi connectivity index (χ0v) is 26.9. The Labute approximate surface area is 255 Å². The van der Waals surface area contributed by atoms with Crippen LogP contribution in [0.1, 0.15) is 96.5 Å². The van der Waals surface area contributed by atoms with E-state index >= 15 is 0 Å². The normalized spacial score (nSPS) is 12.6. The average molecular weight is 608 g/mol. The van der Waals surface area contributed by atoms with Crippen LogP contribution in [0.3, 0.4) is 0 Å². The van der Waals surface area contributed by atoms with E-state index in [-0.39, 0.29) is 21.1 Å². The third-order valence-electron chi connectivity index (χ3n) is 7.80. The predicted molar refractivity (Wildman–Crippen MR) is 174 cm³/mol. The molecule has 4 rings (SSSR count). The molecule has 226 valence electrons. The van der Waals surface area contributed by atoms with E-state index in [4.69, 9.17) is 4.98 Å². The number of benzene rings is 2. The Balaban J connectivity index is 1.72. The summed E-state index contributed by atoms with van der Waals surface area (Å²) in [6, 6.07) is 16.2. The van der Waals surface area contributed by atoms with Crippen molar-refractivity contribution in [2.75, 3.05) is 0 Å². The molecule has 0 aliphatic heterocycles. The molecule has 0 fully saturated rings. The molecule has 0 amide bonds. The van der Waals surface area contributed by atoms with Crippen molar-refractivity contribution in [3.8, 4) is 11.1 Å². The monoisotopic (exact) mass is 607 g/mol. The molecule has 1 atom stereocenters. The average Bonchev–Trinajstić information content (AvgIpc) is 3.39. The van der Waals surface area contributed by atoms with Gasteiger partial charge >= 0.3 is 5.69 Å². The highest BCUT2D eigenvalue weighted by atomic mass is 32.2. The molecular weight excluding hydrogens is 563 g/mol. The molecule has 2 heterocycles. The highest BCUT2D eigenvalue weighted by Gasteiger charge is 2.29. The fraction of sp³-hybridized carbons (Fsp3) is 0.471. The van der Waals surface area contributed by atoms with Gasteiger partial charge in [-0.25, -0.2) is 18.2 Å². The smallest absolute Gasteiger partial charge is 0.286 e. The molecule has 0 bridgehead atoms. The lowest BCUT2D eigenvalue weighted by atomic mass is 10.0. The molecule has 0 saturated carbocycles. The van der Waals surface area contributed by atoms with Crippen molar-refractivity contribution in [2.45, 2.75) is 118 Å². The minimum Gasteiger partial charge on any atom is -0.286 e. The summed E-state index contributed by atoms with van der Waals surface area (Å²) in [5, 5.41) is 0.802. The van der Waals surface area contributed by atoms with Crippen LogP contribution in [0.25, 0.3) is 16.8 Å². The number of H-pyrrole nitrogens is 1. The second-order valence-electron chi connectivity index (χ2n) is 11.2. The Morgan fingerprint density at radius 3 is 2.07 bits per heavy atom. The highest BCUT2D eigenvalue weighted by Crippen LogP contribution is 2.36. The summed E-state index contributed by atoms with van der Waals surface area (Å²) < 4.78 is 29.6. The van der Waals surface area contributed by atoms with Crippen LogP contribution in [0, 0.1) is 6.92 Å². The Morgan fingerprint density at radius 1 is 0.833 bits per heavy atom. The van der Waals surface area contributed by atoms with E-state index in [9.17, 15) is 13.2 Å². The van der Waals surface area contributed by atoms with Crippen molar-refractivity contribution < 1.29 is 8.42 Å². The number of nitrogens with one attached hydrogen (secondary N) is 1. The van der Waals surface area contributed by atoms with Gasteiger partial charge in [-0.3, -0.25) is 9.38 Å². The largest absolute Gasteiger partial charge is 0.333 e. The van der Waals surface area contributed by atoms with Crippen LogP contribution in [0.4, 0.5) is 0 Å². The standard InChI is InChI=1S/C34H45N3O3S2/c1-4-6-8-10-11-16-20-28(19-15-9-7-5-2)41-33-35-32-31(42(39,40)29-23-21-26(3)22-24-29)30(25-37(32)34(38)36-33)27-17-13-12-14-18-27/h12-14,17-18,21-25,28H,4-11,15-16,19-20H2,1-3H3,(H,35,36,38). The van der Waals surface area contributed by atoms with Gasteiger partial charge in [-0.05, 0) is 37.5 Å². The molecule has 0 spiro atoms. The molecule has 0 saturated heterocycles. The SMILES string of the molecule is CCCCCCCCC(CCCCCC)Sc1nc2c(S(=O)(=O)c3ccc(C)cc3)c(-c3ccccc3)cn2c(=O)[nH]1. The number of nitrogens with zero attached hydrogens (tertiary/aromatic N) is 2. The first kappa shape index (κ1) is 32.1. The molecule has 6 nitrogen and oxygen atoms in total. The Hall–Kier alpha value is -2.84. The Morgan fingerprint density at radius 2 is 1.43 bits per heavy atom. The second kappa shape index (κ2) is 15.6. The number of thioether (sulfide) groups is 1. The summed E-state index contributed by atoms with van der Waals surface area (Å²) in [5.74, 6) is 0. The summed E-state index contributed by atoms with van der Waals surface area (Å²) in [7, 11) is -3.97. The molecule has 42 heavy (non-hydrogen) atoms. The second-order valence-corrected chi connectivity index (χ2v) is 14.4. The molecule has 2 aromatic carbocycles. The zero-order valence-electron chi connectivity index (χ0n) is 25.3. The topological polar surface area (TPSA) is 84.3 Å². The van der Waals surface area contributed by atoms with Gasteiger partial charge in [0.2, 0.25) is 9.84 Å². The van der Waals surface area contributed by atoms with Gasteiger partial charge in [0.25, 0.3) is 0 Å². The third-order valence-corrected chi connectivity index (χ3v) is 10.9. The van der Waals surface area contributed by atoms with E-state index in [1.54, 1.807) is 42.2 Å². The Kier molecular flexibility index (Phi) is 11.9. The highest BCUT2D eigenvalue weighted by molar-refractivity contribution is 7.99. The van der Waals surface area contributed by atoms with Gasteiger partial charge < -0.3 is 0 Å². The van der Waals surface area contributed by atoms with Crippen molar-refractivity contribution in [2.24, 2.45) is 0 Å². The van der Waals surface area contributed by atoms with Gasteiger partial charge in [0.05, 0.1) is 4.90 Å². The van der Waals surface area contributed by atoms with Crippen molar-refractivity contribution in [3.05, 3.63) is 76.8 Å². The van der Waals surface area contributed by atoms with Crippen molar-refractivity contribution in [1.29, 1.82) is 0 Å². The molecule has 1 unspecified atom stereocenters. The maximum atomic E-state index is 14.1. The number of aromatic nitrogens is 3. The number of unbranched alkanes of at least 4 members (excludes halogenated alkanes) is 8. The lowest BCUT2D eigenvalue weighted by molar-refractivity contribution is 0.550. The minimum absolute atomic E-state index is 0.0703. The van der Waals surface area contributed by atoms with E-state index in [1.165, 1.54) is 55.8 Å². The molecule has 0 radical (unpaired) electrons. The van der Waals surface area contributed by atoms with Crippen LogP contribution in [0.15, 0.2) is 80.5 Å². The zero-order chi connectivity index (χ0) is 30.0. The molecule has 0 aliphatic carbocycles. The van der Waals surface area contributed by atoms with Crippen molar-refractivity contribution in [1.82, 2.24) is 14.4 Å². The lowest BCUT2D eigenvalue weighted by Crippen LogP contribution is -2.19. The van der Waals surface area contributed by atoms with Gasteiger partial charge in [0.1, 0.15) is 4.90 Å². The number of aromatic amines is 1.